The summed E-state index contributed by atoms with van der Waals surface area (Å²) in [7, 11) is 0. The van der Waals surface area contributed by atoms with Gasteiger partial charge in [0.05, 0.1) is 18.3 Å². The molecular weight excluding hydrogens is 286 g/mol. The van der Waals surface area contributed by atoms with Gasteiger partial charge in [0, 0.05) is 44.0 Å². The van der Waals surface area contributed by atoms with Gasteiger partial charge in [-0.1, -0.05) is 18.7 Å². The highest BCUT2D eigenvalue weighted by Crippen LogP contribution is 2.36. The SMILES string of the molecule is CCSc1ncc(CN2CCC3(CC2)CC(O)CO3)cn1. The molecule has 0 aromatic carbocycles. The van der Waals surface area contributed by atoms with Gasteiger partial charge in [-0.05, 0) is 18.6 Å². The Kier molecular flexibility index (Phi) is 4.78. The van der Waals surface area contributed by atoms with Crippen molar-refractivity contribution in [3.8, 4) is 0 Å². The average molecular weight is 309 g/mol. The monoisotopic (exact) mass is 309 g/mol. The van der Waals surface area contributed by atoms with Gasteiger partial charge >= 0.3 is 0 Å². The molecule has 3 heterocycles. The second-order valence-corrected chi connectivity index (χ2v) is 7.17. The van der Waals surface area contributed by atoms with E-state index in [0.29, 0.717) is 6.61 Å². The first-order valence-electron chi connectivity index (χ1n) is 7.67. The topological polar surface area (TPSA) is 58.5 Å². The Morgan fingerprint density at radius 1 is 1.38 bits per heavy atom. The van der Waals surface area contributed by atoms with Crippen molar-refractivity contribution in [2.45, 2.75) is 49.6 Å². The second-order valence-electron chi connectivity index (χ2n) is 5.94. The van der Waals surface area contributed by atoms with E-state index in [1.807, 2.05) is 12.4 Å². The van der Waals surface area contributed by atoms with E-state index in [-0.39, 0.29) is 11.7 Å². The Labute approximate surface area is 130 Å². The summed E-state index contributed by atoms with van der Waals surface area (Å²) in [5.74, 6) is 0.999. The van der Waals surface area contributed by atoms with Crippen molar-refractivity contribution in [3.63, 3.8) is 0 Å². The maximum Gasteiger partial charge on any atom is 0.187 e. The number of thioether (sulfide) groups is 1. The fourth-order valence-electron chi connectivity index (χ4n) is 3.17. The largest absolute Gasteiger partial charge is 0.391 e. The van der Waals surface area contributed by atoms with Crippen molar-refractivity contribution in [1.29, 1.82) is 0 Å². The standard InChI is InChI=1S/C15H23N3O2S/c1-2-21-14-16-8-12(9-17-14)10-18-5-3-15(4-6-18)7-13(19)11-20-15/h8-9,13,19H,2-7,10-11H2,1H3. The van der Waals surface area contributed by atoms with E-state index < -0.39 is 0 Å². The zero-order valence-corrected chi connectivity index (χ0v) is 13.3. The van der Waals surface area contributed by atoms with Crippen LogP contribution in [0.3, 0.4) is 0 Å². The van der Waals surface area contributed by atoms with Gasteiger partial charge in [0.15, 0.2) is 5.16 Å². The summed E-state index contributed by atoms with van der Waals surface area (Å²) < 4.78 is 5.83. The molecule has 1 unspecified atom stereocenters. The summed E-state index contributed by atoms with van der Waals surface area (Å²) >= 11 is 1.67. The van der Waals surface area contributed by atoms with Crippen molar-refractivity contribution in [2.75, 3.05) is 25.4 Å². The zero-order valence-electron chi connectivity index (χ0n) is 12.5. The predicted molar refractivity (Wildman–Crippen MR) is 82.2 cm³/mol. The first-order chi connectivity index (χ1) is 10.2. The molecule has 5 nitrogen and oxygen atoms in total. The smallest absolute Gasteiger partial charge is 0.187 e. The Hall–Kier alpha value is -0.690. The third kappa shape index (κ3) is 3.74. The third-order valence-corrected chi connectivity index (χ3v) is 5.08. The summed E-state index contributed by atoms with van der Waals surface area (Å²) in [5.41, 5.74) is 1.10. The Morgan fingerprint density at radius 3 is 2.67 bits per heavy atom. The Balaban J connectivity index is 1.51. The molecule has 6 heteroatoms. The van der Waals surface area contributed by atoms with Crippen LogP contribution in [-0.4, -0.2) is 57.1 Å². The normalized spacial score (nSPS) is 25.5. The van der Waals surface area contributed by atoms with Crippen molar-refractivity contribution < 1.29 is 9.84 Å². The minimum absolute atomic E-state index is 0.0615. The molecule has 2 fully saturated rings. The molecule has 0 saturated carbocycles. The number of piperidine rings is 1. The van der Waals surface area contributed by atoms with Gasteiger partial charge in [-0.3, -0.25) is 4.90 Å². The Morgan fingerprint density at radius 2 is 2.10 bits per heavy atom. The molecule has 1 aromatic rings. The number of aromatic nitrogens is 2. The molecule has 1 atom stereocenters. The predicted octanol–water partition coefficient (Wildman–Crippen LogP) is 1.70. The van der Waals surface area contributed by atoms with E-state index in [2.05, 4.69) is 21.8 Å². The number of hydrogen-bond acceptors (Lipinski definition) is 6. The zero-order chi connectivity index (χ0) is 14.7. The third-order valence-electron chi connectivity index (χ3n) is 4.32. The van der Waals surface area contributed by atoms with Crippen LogP contribution < -0.4 is 0 Å². The molecular formula is C15H23N3O2S. The van der Waals surface area contributed by atoms with Crippen molar-refractivity contribution >= 4 is 11.8 Å². The molecule has 0 amide bonds. The molecule has 1 N–H and O–H groups in total. The van der Waals surface area contributed by atoms with Gasteiger partial charge in [0.2, 0.25) is 0 Å². The highest BCUT2D eigenvalue weighted by atomic mass is 32.2. The maximum absolute atomic E-state index is 9.66. The molecule has 0 aliphatic carbocycles. The van der Waals surface area contributed by atoms with E-state index in [1.165, 1.54) is 5.56 Å². The minimum atomic E-state index is -0.270. The number of hydrogen-bond donors (Lipinski definition) is 1. The fourth-order valence-corrected chi connectivity index (χ4v) is 3.69. The summed E-state index contributed by atoms with van der Waals surface area (Å²) in [6.45, 7) is 5.53. The molecule has 3 rings (SSSR count). The summed E-state index contributed by atoms with van der Waals surface area (Å²) in [6.07, 6.45) is 6.42. The van der Waals surface area contributed by atoms with E-state index >= 15 is 0 Å². The molecule has 2 aliphatic rings. The minimum Gasteiger partial charge on any atom is -0.391 e. The van der Waals surface area contributed by atoms with Crippen LogP contribution in [0.15, 0.2) is 17.6 Å². The lowest BCUT2D eigenvalue weighted by atomic mass is 9.88. The summed E-state index contributed by atoms with van der Waals surface area (Å²) in [6, 6.07) is 0. The first-order valence-corrected chi connectivity index (χ1v) is 8.66. The maximum atomic E-state index is 9.66. The van der Waals surface area contributed by atoms with E-state index in [0.717, 1.165) is 49.8 Å². The number of likely N-dealkylation sites (tertiary alicyclic amines) is 1. The van der Waals surface area contributed by atoms with Crippen LogP contribution >= 0.6 is 11.8 Å². The quantitative estimate of drug-likeness (QED) is 0.675. The van der Waals surface area contributed by atoms with Crippen LogP contribution in [0.2, 0.25) is 0 Å². The lowest BCUT2D eigenvalue weighted by molar-refractivity contribution is -0.0456. The lowest BCUT2D eigenvalue weighted by Gasteiger charge is -2.38. The van der Waals surface area contributed by atoms with Crippen molar-refractivity contribution in [1.82, 2.24) is 14.9 Å². The number of aliphatic hydroxyl groups excluding tert-OH is 1. The fraction of sp³-hybridized carbons (Fsp3) is 0.733. The molecule has 0 radical (unpaired) electrons. The number of aliphatic hydroxyl groups is 1. The molecule has 116 valence electrons. The van der Waals surface area contributed by atoms with Crippen LogP contribution in [0, 0.1) is 0 Å². The lowest BCUT2D eigenvalue weighted by Crippen LogP contribution is -2.43. The Bertz CT molecular complexity index is 460. The van der Waals surface area contributed by atoms with Gasteiger partial charge in [-0.25, -0.2) is 9.97 Å². The molecule has 21 heavy (non-hydrogen) atoms. The van der Waals surface area contributed by atoms with E-state index in [4.69, 9.17) is 4.74 Å². The van der Waals surface area contributed by atoms with Crippen LogP contribution in [-0.2, 0) is 11.3 Å². The van der Waals surface area contributed by atoms with Crippen molar-refractivity contribution in [2.24, 2.45) is 0 Å². The molecule has 1 spiro atoms. The second kappa shape index (κ2) is 6.60. The van der Waals surface area contributed by atoms with Gasteiger partial charge in [0.25, 0.3) is 0 Å². The first kappa shape index (κ1) is 15.2. The number of rotatable bonds is 4. The number of ether oxygens (including phenoxy) is 1. The van der Waals surface area contributed by atoms with Gasteiger partial charge in [-0.15, -0.1) is 0 Å². The molecule has 0 bridgehead atoms. The van der Waals surface area contributed by atoms with Gasteiger partial charge in [-0.2, -0.15) is 0 Å². The van der Waals surface area contributed by atoms with E-state index in [1.54, 1.807) is 11.8 Å². The number of nitrogens with zero attached hydrogens (tertiary/aromatic N) is 3. The van der Waals surface area contributed by atoms with Crippen LogP contribution in [0.25, 0.3) is 0 Å². The van der Waals surface area contributed by atoms with Crippen LogP contribution in [0.5, 0.6) is 0 Å². The van der Waals surface area contributed by atoms with Crippen LogP contribution in [0.4, 0.5) is 0 Å². The molecule has 2 aliphatic heterocycles. The van der Waals surface area contributed by atoms with Gasteiger partial charge in [0.1, 0.15) is 0 Å². The highest BCUT2D eigenvalue weighted by molar-refractivity contribution is 7.99. The average Bonchev–Trinajstić information content (AvgIpc) is 2.85. The molecule has 1 aromatic heterocycles. The van der Waals surface area contributed by atoms with Crippen molar-refractivity contribution in [3.05, 3.63) is 18.0 Å². The summed E-state index contributed by atoms with van der Waals surface area (Å²) in [4.78, 5) is 11.2. The molecule has 2 saturated heterocycles. The highest BCUT2D eigenvalue weighted by Gasteiger charge is 2.41. The van der Waals surface area contributed by atoms with Crippen LogP contribution in [0.1, 0.15) is 31.7 Å². The summed E-state index contributed by atoms with van der Waals surface area (Å²) in [5, 5.41) is 10.5. The van der Waals surface area contributed by atoms with Gasteiger partial charge < -0.3 is 9.84 Å². The van der Waals surface area contributed by atoms with E-state index in [9.17, 15) is 5.11 Å².